The highest BCUT2D eigenvalue weighted by Crippen LogP contribution is 2.31. The number of rotatable bonds is 7. The highest BCUT2D eigenvalue weighted by Gasteiger charge is 2.15. The van der Waals surface area contributed by atoms with Gasteiger partial charge in [-0.3, -0.25) is 0 Å². The van der Waals surface area contributed by atoms with E-state index in [1.165, 1.54) is 21.3 Å². The van der Waals surface area contributed by atoms with Crippen molar-refractivity contribution in [1.29, 1.82) is 0 Å². The summed E-state index contributed by atoms with van der Waals surface area (Å²) in [7, 11) is 0. The molecule has 0 bridgehead atoms. The lowest BCUT2D eigenvalue weighted by atomic mass is 10.0. The number of hydrogen-bond acceptors (Lipinski definition) is 2. The monoisotopic (exact) mass is 337 g/mol. The zero-order valence-corrected chi connectivity index (χ0v) is 13.6. The number of aryl methyl sites for hydroxylation is 1. The average Bonchev–Trinajstić information content (AvgIpc) is 2.86. The van der Waals surface area contributed by atoms with Gasteiger partial charge in [0.15, 0.2) is 0 Å². The summed E-state index contributed by atoms with van der Waals surface area (Å²) in [6.07, 6.45) is 3.43. The summed E-state index contributed by atoms with van der Waals surface area (Å²) in [5.41, 5.74) is 1.42. The summed E-state index contributed by atoms with van der Waals surface area (Å²) in [5, 5.41) is 5.82. The van der Waals surface area contributed by atoms with Gasteiger partial charge in [0.2, 0.25) is 0 Å². The first-order valence-corrected chi connectivity index (χ1v) is 8.48. The molecule has 0 saturated heterocycles. The Bertz CT molecular complexity index is 481. The summed E-state index contributed by atoms with van der Waals surface area (Å²) < 4.78 is 1.24. The predicted octanol–water partition coefficient (Wildman–Crippen LogP) is 5.18. The van der Waals surface area contributed by atoms with Crippen molar-refractivity contribution < 1.29 is 0 Å². The molecule has 0 aliphatic rings. The summed E-state index contributed by atoms with van der Waals surface area (Å²) in [6.45, 7) is 3.29. The van der Waals surface area contributed by atoms with Gasteiger partial charge in [0.25, 0.3) is 0 Å². The minimum atomic E-state index is 0.453. The van der Waals surface area contributed by atoms with E-state index in [9.17, 15) is 0 Å². The Balaban J connectivity index is 2.00. The first-order valence-electron chi connectivity index (χ1n) is 6.81. The van der Waals surface area contributed by atoms with Gasteiger partial charge >= 0.3 is 0 Å². The molecule has 102 valence electrons. The zero-order valence-electron chi connectivity index (χ0n) is 11.2. The van der Waals surface area contributed by atoms with Crippen molar-refractivity contribution in [3.05, 3.63) is 56.7 Å². The normalized spacial score (nSPS) is 12.5. The van der Waals surface area contributed by atoms with Crippen LogP contribution in [0.25, 0.3) is 0 Å². The van der Waals surface area contributed by atoms with Gasteiger partial charge in [0, 0.05) is 15.4 Å². The minimum absolute atomic E-state index is 0.453. The first-order chi connectivity index (χ1) is 9.31. The van der Waals surface area contributed by atoms with E-state index in [4.69, 9.17) is 0 Å². The van der Waals surface area contributed by atoms with Gasteiger partial charge < -0.3 is 5.32 Å². The van der Waals surface area contributed by atoms with Crippen LogP contribution in [0.2, 0.25) is 0 Å². The molecule has 1 unspecified atom stereocenters. The van der Waals surface area contributed by atoms with Crippen molar-refractivity contribution in [1.82, 2.24) is 5.32 Å². The molecule has 1 aromatic heterocycles. The number of benzene rings is 1. The Hall–Kier alpha value is -0.640. The molecule has 2 rings (SSSR count). The maximum Gasteiger partial charge on any atom is 0.0429 e. The largest absolute Gasteiger partial charge is 0.309 e. The molecule has 1 aromatic carbocycles. The van der Waals surface area contributed by atoms with Crippen LogP contribution in [0.3, 0.4) is 0 Å². The summed E-state index contributed by atoms with van der Waals surface area (Å²) in [6, 6.07) is 13.3. The molecule has 1 N–H and O–H groups in total. The molecule has 2 aromatic rings. The number of halogens is 1. The predicted molar refractivity (Wildman–Crippen MR) is 87.8 cm³/mol. The van der Waals surface area contributed by atoms with E-state index in [0.29, 0.717) is 6.04 Å². The summed E-state index contributed by atoms with van der Waals surface area (Å²) >= 11 is 5.49. The molecular formula is C16H20BrNS. The topological polar surface area (TPSA) is 12.0 Å². The van der Waals surface area contributed by atoms with E-state index >= 15 is 0 Å². The third kappa shape index (κ3) is 4.44. The standard InChI is InChI=1S/C16H20BrNS/c1-2-11-18-15(16-14(17)10-12-19-16)9-8-13-6-4-3-5-7-13/h3-7,10,12,15,18H,2,8-9,11H2,1H3. The maximum atomic E-state index is 3.66. The van der Waals surface area contributed by atoms with Gasteiger partial charge in [-0.1, -0.05) is 37.3 Å². The lowest BCUT2D eigenvalue weighted by Gasteiger charge is -2.18. The highest BCUT2D eigenvalue weighted by molar-refractivity contribution is 9.10. The minimum Gasteiger partial charge on any atom is -0.309 e. The maximum absolute atomic E-state index is 3.66. The van der Waals surface area contributed by atoms with E-state index in [1.807, 2.05) is 11.3 Å². The average molecular weight is 338 g/mol. The third-order valence-corrected chi connectivity index (χ3v) is 5.15. The second kappa shape index (κ2) is 7.83. The van der Waals surface area contributed by atoms with Gasteiger partial charge in [-0.05, 0) is 58.7 Å². The molecule has 0 aliphatic carbocycles. The zero-order chi connectivity index (χ0) is 13.5. The van der Waals surface area contributed by atoms with E-state index < -0.39 is 0 Å². The fourth-order valence-electron chi connectivity index (χ4n) is 2.15. The van der Waals surface area contributed by atoms with Crippen molar-refractivity contribution in [2.24, 2.45) is 0 Å². The molecule has 0 spiro atoms. The molecule has 0 aliphatic heterocycles. The van der Waals surface area contributed by atoms with Gasteiger partial charge in [0.1, 0.15) is 0 Å². The Morgan fingerprint density at radius 3 is 2.63 bits per heavy atom. The van der Waals surface area contributed by atoms with Crippen LogP contribution in [0.1, 0.15) is 36.2 Å². The van der Waals surface area contributed by atoms with Gasteiger partial charge in [0.05, 0.1) is 0 Å². The van der Waals surface area contributed by atoms with E-state index in [0.717, 1.165) is 19.4 Å². The molecule has 1 heterocycles. The van der Waals surface area contributed by atoms with Crippen molar-refractivity contribution >= 4 is 27.3 Å². The van der Waals surface area contributed by atoms with Gasteiger partial charge in [-0.25, -0.2) is 0 Å². The van der Waals surface area contributed by atoms with Crippen molar-refractivity contribution in [2.45, 2.75) is 32.2 Å². The number of hydrogen-bond donors (Lipinski definition) is 1. The number of nitrogens with one attached hydrogen (secondary N) is 1. The fourth-order valence-corrected chi connectivity index (χ4v) is 3.91. The molecule has 19 heavy (non-hydrogen) atoms. The van der Waals surface area contributed by atoms with Crippen LogP contribution in [-0.2, 0) is 6.42 Å². The molecule has 0 saturated carbocycles. The molecule has 3 heteroatoms. The van der Waals surface area contributed by atoms with Crippen LogP contribution in [0.15, 0.2) is 46.3 Å². The summed E-state index contributed by atoms with van der Waals surface area (Å²) in [5.74, 6) is 0. The highest BCUT2D eigenvalue weighted by atomic mass is 79.9. The van der Waals surface area contributed by atoms with E-state index in [-0.39, 0.29) is 0 Å². The Labute approximate surface area is 128 Å². The first kappa shape index (κ1) is 14.8. The second-order valence-corrected chi connectivity index (χ2v) is 6.47. The van der Waals surface area contributed by atoms with Crippen LogP contribution in [0, 0.1) is 0 Å². The number of thiophene rings is 1. The Morgan fingerprint density at radius 1 is 1.21 bits per heavy atom. The smallest absolute Gasteiger partial charge is 0.0429 e. The van der Waals surface area contributed by atoms with Crippen molar-refractivity contribution in [3.63, 3.8) is 0 Å². The fraction of sp³-hybridized carbons (Fsp3) is 0.375. The molecule has 1 nitrogen and oxygen atoms in total. The molecular weight excluding hydrogens is 318 g/mol. The van der Waals surface area contributed by atoms with Crippen LogP contribution in [0.5, 0.6) is 0 Å². The lowest BCUT2D eigenvalue weighted by molar-refractivity contribution is 0.505. The van der Waals surface area contributed by atoms with Gasteiger partial charge in [-0.2, -0.15) is 0 Å². The van der Waals surface area contributed by atoms with Gasteiger partial charge in [-0.15, -0.1) is 11.3 Å². The molecule has 0 amide bonds. The van der Waals surface area contributed by atoms with E-state index in [1.54, 1.807) is 0 Å². The summed E-state index contributed by atoms with van der Waals surface area (Å²) in [4.78, 5) is 1.42. The van der Waals surface area contributed by atoms with Crippen LogP contribution >= 0.6 is 27.3 Å². The SMILES string of the molecule is CCCNC(CCc1ccccc1)c1sccc1Br. The van der Waals surface area contributed by atoms with E-state index in [2.05, 4.69) is 69.9 Å². The Morgan fingerprint density at radius 2 is 2.00 bits per heavy atom. The van der Waals surface area contributed by atoms with Crippen LogP contribution < -0.4 is 5.32 Å². The van der Waals surface area contributed by atoms with Crippen molar-refractivity contribution in [2.75, 3.05) is 6.54 Å². The van der Waals surface area contributed by atoms with Crippen molar-refractivity contribution in [3.8, 4) is 0 Å². The molecule has 0 radical (unpaired) electrons. The third-order valence-electron chi connectivity index (χ3n) is 3.17. The Kier molecular flexibility index (Phi) is 6.08. The lowest BCUT2D eigenvalue weighted by Crippen LogP contribution is -2.22. The van der Waals surface area contributed by atoms with Crippen LogP contribution in [0.4, 0.5) is 0 Å². The molecule has 1 atom stereocenters. The second-order valence-electron chi connectivity index (χ2n) is 4.66. The quantitative estimate of drug-likeness (QED) is 0.733. The molecule has 0 fully saturated rings. The van der Waals surface area contributed by atoms with Crippen LogP contribution in [-0.4, -0.2) is 6.54 Å².